The van der Waals surface area contributed by atoms with Crippen molar-refractivity contribution in [3.63, 3.8) is 0 Å². The number of benzene rings is 1. The smallest absolute Gasteiger partial charge is 0.264 e. The number of aliphatic hydroxyl groups is 1. The third kappa shape index (κ3) is 4.11. The quantitative estimate of drug-likeness (QED) is 0.852. The van der Waals surface area contributed by atoms with Crippen LogP contribution in [0.1, 0.15) is 31.2 Å². The summed E-state index contributed by atoms with van der Waals surface area (Å²) in [6.07, 6.45) is 1.47. The van der Waals surface area contributed by atoms with Crippen LogP contribution in [0.25, 0.3) is 0 Å². The van der Waals surface area contributed by atoms with Gasteiger partial charge in [0.1, 0.15) is 17.6 Å². The van der Waals surface area contributed by atoms with Crippen LogP contribution in [0.2, 0.25) is 0 Å². The Morgan fingerprint density at radius 1 is 1.39 bits per heavy atom. The first kappa shape index (κ1) is 16.6. The highest BCUT2D eigenvalue weighted by atomic mass is 16.5. The number of nitrogens with one attached hydrogen (secondary N) is 1. The lowest BCUT2D eigenvalue weighted by atomic mass is 10.1. The van der Waals surface area contributed by atoms with Gasteiger partial charge in [0, 0.05) is 0 Å². The number of furan rings is 1. The lowest BCUT2D eigenvalue weighted by Gasteiger charge is -2.27. The minimum Gasteiger partial charge on any atom is -0.478 e. The van der Waals surface area contributed by atoms with Gasteiger partial charge in [0.2, 0.25) is 0 Å². The molecule has 6 heteroatoms. The summed E-state index contributed by atoms with van der Waals surface area (Å²) in [4.78, 5) is 12.4. The molecule has 1 unspecified atom stereocenters. The van der Waals surface area contributed by atoms with Crippen molar-refractivity contribution in [2.24, 2.45) is 0 Å². The number of hydrogen-bond acceptors (Lipinski definition) is 5. The molecule has 2 aromatic rings. The molecule has 0 saturated carbocycles. The van der Waals surface area contributed by atoms with E-state index in [9.17, 15) is 9.90 Å². The van der Waals surface area contributed by atoms with Crippen LogP contribution in [-0.2, 0) is 4.79 Å². The van der Waals surface area contributed by atoms with Crippen molar-refractivity contribution in [1.82, 2.24) is 5.32 Å². The zero-order valence-corrected chi connectivity index (χ0v) is 12.9. The van der Waals surface area contributed by atoms with E-state index in [0.717, 1.165) is 0 Å². The fourth-order valence-corrected chi connectivity index (χ4v) is 1.97. The number of aliphatic hydroxyl groups excluding tert-OH is 1. The van der Waals surface area contributed by atoms with Gasteiger partial charge in [0.25, 0.3) is 5.91 Å². The Hall–Kier alpha value is -2.78. The highest BCUT2D eigenvalue weighted by Gasteiger charge is 2.32. The van der Waals surface area contributed by atoms with Gasteiger partial charge in [-0.2, -0.15) is 5.26 Å². The van der Waals surface area contributed by atoms with Crippen molar-refractivity contribution >= 4 is 5.91 Å². The van der Waals surface area contributed by atoms with Crippen molar-refractivity contribution < 1.29 is 19.1 Å². The van der Waals surface area contributed by atoms with E-state index in [1.807, 2.05) is 6.07 Å². The molecule has 1 heterocycles. The van der Waals surface area contributed by atoms with E-state index in [0.29, 0.717) is 17.1 Å². The highest BCUT2D eigenvalue weighted by Crippen LogP contribution is 2.21. The molecule has 0 fully saturated rings. The van der Waals surface area contributed by atoms with E-state index in [1.54, 1.807) is 50.2 Å². The zero-order chi connectivity index (χ0) is 16.9. The number of carbonyl (C=O) groups is 1. The Morgan fingerprint density at radius 3 is 2.61 bits per heavy atom. The first-order chi connectivity index (χ1) is 11.0. The van der Waals surface area contributed by atoms with Crippen molar-refractivity contribution in [3.8, 4) is 11.8 Å². The Labute approximate surface area is 134 Å². The van der Waals surface area contributed by atoms with Gasteiger partial charge in [-0.3, -0.25) is 4.79 Å². The molecule has 1 amide bonds. The van der Waals surface area contributed by atoms with Crippen LogP contribution in [0.3, 0.4) is 0 Å². The average Bonchev–Trinajstić information content (AvgIpc) is 3.07. The number of ether oxygens (including phenoxy) is 1. The molecular formula is C17H18N2O4. The predicted octanol–water partition coefficient (Wildman–Crippen LogP) is 2.16. The normalized spacial score (nSPS) is 12.3. The van der Waals surface area contributed by atoms with Gasteiger partial charge >= 0.3 is 0 Å². The SMILES string of the molecule is CC(C)(Oc1ccc(C#N)cc1)C(=O)NC(CO)c1ccco1. The Bertz CT molecular complexity index is 684. The standard InChI is InChI=1S/C17H18N2O4/c1-17(2,23-13-7-5-12(10-18)6-8-13)16(21)19-14(11-20)15-4-3-9-22-15/h3-9,14,20H,11H2,1-2H3,(H,19,21). The molecule has 0 aliphatic rings. The lowest BCUT2D eigenvalue weighted by molar-refractivity contribution is -0.135. The Balaban J connectivity index is 2.05. The predicted molar refractivity (Wildman–Crippen MR) is 82.5 cm³/mol. The molecule has 6 nitrogen and oxygen atoms in total. The molecule has 0 aliphatic heterocycles. The molecule has 120 valence electrons. The van der Waals surface area contributed by atoms with Crippen LogP contribution in [0, 0.1) is 11.3 Å². The van der Waals surface area contributed by atoms with Gasteiger partial charge in [-0.15, -0.1) is 0 Å². The first-order valence-electron chi connectivity index (χ1n) is 7.10. The Morgan fingerprint density at radius 2 is 2.09 bits per heavy atom. The summed E-state index contributed by atoms with van der Waals surface area (Å²) < 4.78 is 10.9. The van der Waals surface area contributed by atoms with Crippen LogP contribution in [0.15, 0.2) is 47.1 Å². The van der Waals surface area contributed by atoms with Crippen LogP contribution < -0.4 is 10.1 Å². The van der Waals surface area contributed by atoms with Crippen molar-refractivity contribution in [1.29, 1.82) is 5.26 Å². The summed E-state index contributed by atoms with van der Waals surface area (Å²) in [6.45, 7) is 2.96. The van der Waals surface area contributed by atoms with Gasteiger partial charge in [-0.1, -0.05) is 0 Å². The molecule has 1 atom stereocenters. The monoisotopic (exact) mass is 314 g/mol. The lowest BCUT2D eigenvalue weighted by Crippen LogP contribution is -2.48. The number of nitrogens with zero attached hydrogens (tertiary/aromatic N) is 1. The summed E-state index contributed by atoms with van der Waals surface area (Å²) in [6, 6.07) is 11.2. The molecule has 0 spiro atoms. The summed E-state index contributed by atoms with van der Waals surface area (Å²) in [7, 11) is 0. The van der Waals surface area contributed by atoms with Crippen LogP contribution in [0.4, 0.5) is 0 Å². The molecule has 2 rings (SSSR count). The number of hydrogen-bond donors (Lipinski definition) is 2. The molecule has 1 aromatic heterocycles. The fourth-order valence-electron chi connectivity index (χ4n) is 1.97. The van der Waals surface area contributed by atoms with Crippen LogP contribution >= 0.6 is 0 Å². The average molecular weight is 314 g/mol. The van der Waals surface area contributed by atoms with E-state index in [-0.39, 0.29) is 6.61 Å². The molecular weight excluding hydrogens is 296 g/mol. The van der Waals surface area contributed by atoms with Crippen LogP contribution in [-0.4, -0.2) is 23.2 Å². The van der Waals surface area contributed by atoms with Gasteiger partial charge in [0.15, 0.2) is 5.60 Å². The van der Waals surface area contributed by atoms with Gasteiger partial charge < -0.3 is 19.6 Å². The van der Waals surface area contributed by atoms with E-state index in [2.05, 4.69) is 5.32 Å². The molecule has 0 bridgehead atoms. The minimum atomic E-state index is -1.16. The molecule has 2 N–H and O–H groups in total. The molecule has 0 radical (unpaired) electrons. The first-order valence-corrected chi connectivity index (χ1v) is 7.10. The molecule has 1 aromatic carbocycles. The van der Waals surface area contributed by atoms with E-state index in [4.69, 9.17) is 14.4 Å². The van der Waals surface area contributed by atoms with Crippen molar-refractivity contribution in [2.45, 2.75) is 25.5 Å². The molecule has 0 aliphatic carbocycles. The fraction of sp³-hybridized carbons (Fsp3) is 0.294. The molecule has 23 heavy (non-hydrogen) atoms. The second kappa shape index (κ2) is 6.99. The maximum Gasteiger partial charge on any atom is 0.264 e. The van der Waals surface area contributed by atoms with E-state index in [1.165, 1.54) is 6.26 Å². The summed E-state index contributed by atoms with van der Waals surface area (Å²) in [5, 5.41) is 20.9. The number of rotatable bonds is 6. The summed E-state index contributed by atoms with van der Waals surface area (Å²) >= 11 is 0. The summed E-state index contributed by atoms with van der Waals surface area (Å²) in [5.74, 6) is 0.551. The Kier molecular flexibility index (Phi) is 5.04. The zero-order valence-electron chi connectivity index (χ0n) is 12.9. The second-order valence-electron chi connectivity index (χ2n) is 5.47. The highest BCUT2D eigenvalue weighted by molar-refractivity contribution is 5.85. The third-order valence-electron chi connectivity index (χ3n) is 3.28. The maximum absolute atomic E-state index is 12.4. The topological polar surface area (TPSA) is 95.5 Å². The van der Waals surface area contributed by atoms with Gasteiger partial charge in [-0.25, -0.2) is 0 Å². The second-order valence-corrected chi connectivity index (χ2v) is 5.47. The van der Waals surface area contributed by atoms with Crippen LogP contribution in [0.5, 0.6) is 5.75 Å². The minimum absolute atomic E-state index is 0.286. The number of carbonyl (C=O) groups excluding carboxylic acids is 1. The number of nitriles is 1. The van der Waals surface area contributed by atoms with Gasteiger partial charge in [0.05, 0.1) is 24.5 Å². The van der Waals surface area contributed by atoms with Crippen molar-refractivity contribution in [2.75, 3.05) is 6.61 Å². The van der Waals surface area contributed by atoms with E-state index >= 15 is 0 Å². The van der Waals surface area contributed by atoms with E-state index < -0.39 is 17.6 Å². The maximum atomic E-state index is 12.4. The van der Waals surface area contributed by atoms with Crippen molar-refractivity contribution in [3.05, 3.63) is 54.0 Å². The third-order valence-corrected chi connectivity index (χ3v) is 3.28. The summed E-state index contributed by atoms with van der Waals surface area (Å²) in [5.41, 5.74) is -0.647. The molecule has 0 saturated heterocycles. The number of amides is 1. The van der Waals surface area contributed by atoms with Gasteiger partial charge in [-0.05, 0) is 50.2 Å². The largest absolute Gasteiger partial charge is 0.478 e.